The quantitative estimate of drug-likeness (QED) is 0.490. The van der Waals surface area contributed by atoms with Crippen LogP contribution < -0.4 is 10.5 Å². The number of benzene rings is 1. The first-order chi connectivity index (χ1) is 6.49. The minimum Gasteiger partial charge on any atom is -0.506 e. The zero-order valence-corrected chi connectivity index (χ0v) is 8.50. The zero-order chi connectivity index (χ0) is 10.3. The van der Waals surface area contributed by atoms with Gasteiger partial charge >= 0.3 is 0 Å². The molecule has 0 spiro atoms. The maximum Gasteiger partial charge on any atom is 0.139 e. The van der Waals surface area contributed by atoms with Crippen molar-refractivity contribution >= 4 is 5.69 Å². The molecule has 76 valence electrons. The van der Waals surface area contributed by atoms with E-state index < -0.39 is 0 Å². The predicted molar refractivity (Wildman–Crippen MR) is 55.5 cm³/mol. The molecule has 0 atom stereocenters. The summed E-state index contributed by atoms with van der Waals surface area (Å²) < 4.78 is 5.76. The Balaban J connectivity index is 2.46. The van der Waals surface area contributed by atoms with Gasteiger partial charge in [0.15, 0.2) is 0 Å². The van der Waals surface area contributed by atoms with Crippen LogP contribution in [0.2, 0.25) is 0 Å². The Bertz CT molecular complexity index is 372. The molecule has 2 rings (SSSR count). The summed E-state index contributed by atoms with van der Waals surface area (Å²) in [5.41, 5.74) is 7.02. The Morgan fingerprint density at radius 3 is 2.86 bits per heavy atom. The highest BCUT2D eigenvalue weighted by atomic mass is 16.5. The molecule has 0 bridgehead atoms. The third kappa shape index (κ3) is 1.39. The van der Waals surface area contributed by atoms with Gasteiger partial charge in [-0.15, -0.1) is 0 Å². The van der Waals surface area contributed by atoms with Crippen LogP contribution >= 0.6 is 0 Å². The largest absolute Gasteiger partial charge is 0.506 e. The lowest BCUT2D eigenvalue weighted by Gasteiger charge is -2.33. The molecule has 1 aromatic rings. The highest BCUT2D eigenvalue weighted by Crippen LogP contribution is 2.39. The SMILES string of the molecule is CC1(C)CCc2c(ccc(O)c2N)O1. The third-order valence-electron chi connectivity index (χ3n) is 2.65. The number of nitrogen functional groups attached to an aromatic ring is 1. The van der Waals surface area contributed by atoms with E-state index in [2.05, 4.69) is 13.8 Å². The number of phenols is 1. The molecule has 1 aromatic carbocycles. The second-order valence-electron chi connectivity index (χ2n) is 4.34. The van der Waals surface area contributed by atoms with Gasteiger partial charge in [-0.25, -0.2) is 0 Å². The average Bonchev–Trinajstić information content (AvgIpc) is 2.10. The molecule has 14 heavy (non-hydrogen) atoms. The molecule has 0 unspecified atom stereocenters. The van der Waals surface area contributed by atoms with E-state index in [1.165, 1.54) is 0 Å². The van der Waals surface area contributed by atoms with Crippen LogP contribution in [0.3, 0.4) is 0 Å². The first-order valence-corrected chi connectivity index (χ1v) is 4.79. The summed E-state index contributed by atoms with van der Waals surface area (Å²) in [6.45, 7) is 4.11. The fourth-order valence-corrected chi connectivity index (χ4v) is 1.76. The minimum atomic E-state index is -0.129. The van der Waals surface area contributed by atoms with Crippen LogP contribution in [-0.2, 0) is 6.42 Å². The van der Waals surface area contributed by atoms with Gasteiger partial charge in [0.1, 0.15) is 17.1 Å². The van der Waals surface area contributed by atoms with E-state index in [4.69, 9.17) is 10.5 Å². The summed E-state index contributed by atoms with van der Waals surface area (Å²) in [6.07, 6.45) is 1.79. The molecule has 0 saturated carbocycles. The highest BCUT2D eigenvalue weighted by Gasteiger charge is 2.28. The van der Waals surface area contributed by atoms with Gasteiger partial charge in [-0.1, -0.05) is 0 Å². The van der Waals surface area contributed by atoms with Gasteiger partial charge in [0.05, 0.1) is 5.69 Å². The van der Waals surface area contributed by atoms with Crippen molar-refractivity contribution in [2.75, 3.05) is 5.73 Å². The van der Waals surface area contributed by atoms with E-state index in [1.54, 1.807) is 12.1 Å². The number of ether oxygens (including phenoxy) is 1. The standard InChI is InChI=1S/C11H15NO2/c1-11(2)6-5-7-9(14-11)4-3-8(13)10(7)12/h3-4,13H,5-6,12H2,1-2H3. The molecule has 0 amide bonds. The summed E-state index contributed by atoms with van der Waals surface area (Å²) in [5.74, 6) is 0.948. The number of hydrogen-bond acceptors (Lipinski definition) is 3. The molecule has 0 fully saturated rings. The van der Waals surface area contributed by atoms with Crippen molar-refractivity contribution in [2.24, 2.45) is 0 Å². The van der Waals surface area contributed by atoms with Gasteiger partial charge in [-0.3, -0.25) is 0 Å². The van der Waals surface area contributed by atoms with E-state index in [0.717, 1.165) is 24.2 Å². The van der Waals surface area contributed by atoms with Crippen molar-refractivity contribution in [3.8, 4) is 11.5 Å². The van der Waals surface area contributed by atoms with Gasteiger partial charge in [-0.2, -0.15) is 0 Å². The van der Waals surface area contributed by atoms with Crippen molar-refractivity contribution in [1.82, 2.24) is 0 Å². The summed E-state index contributed by atoms with van der Waals surface area (Å²) in [5, 5.41) is 9.42. The Morgan fingerprint density at radius 2 is 2.14 bits per heavy atom. The second kappa shape index (κ2) is 2.80. The topological polar surface area (TPSA) is 55.5 Å². The fraction of sp³-hybridized carbons (Fsp3) is 0.455. The van der Waals surface area contributed by atoms with E-state index >= 15 is 0 Å². The van der Waals surface area contributed by atoms with Crippen LogP contribution in [0.1, 0.15) is 25.8 Å². The van der Waals surface area contributed by atoms with Gasteiger partial charge in [-0.05, 0) is 38.8 Å². The molecule has 0 saturated heterocycles. The number of anilines is 1. The van der Waals surface area contributed by atoms with Gasteiger partial charge in [0, 0.05) is 5.56 Å². The van der Waals surface area contributed by atoms with Crippen molar-refractivity contribution < 1.29 is 9.84 Å². The molecule has 1 aliphatic rings. The Kier molecular flexibility index (Phi) is 1.84. The zero-order valence-electron chi connectivity index (χ0n) is 8.50. The smallest absolute Gasteiger partial charge is 0.139 e. The normalized spacial score (nSPS) is 18.4. The van der Waals surface area contributed by atoms with Crippen molar-refractivity contribution in [2.45, 2.75) is 32.3 Å². The minimum absolute atomic E-state index is 0.129. The summed E-state index contributed by atoms with van der Waals surface area (Å²) in [4.78, 5) is 0. The summed E-state index contributed by atoms with van der Waals surface area (Å²) >= 11 is 0. The number of phenolic OH excluding ortho intramolecular Hbond substituents is 1. The van der Waals surface area contributed by atoms with Crippen molar-refractivity contribution in [3.63, 3.8) is 0 Å². The molecular weight excluding hydrogens is 178 g/mol. The molecule has 1 heterocycles. The Hall–Kier alpha value is -1.38. The number of rotatable bonds is 0. The molecule has 3 heteroatoms. The van der Waals surface area contributed by atoms with Crippen molar-refractivity contribution in [1.29, 1.82) is 0 Å². The van der Waals surface area contributed by atoms with Crippen LogP contribution in [0.5, 0.6) is 11.5 Å². The molecule has 0 aliphatic carbocycles. The van der Waals surface area contributed by atoms with Gasteiger partial charge in [0.2, 0.25) is 0 Å². The number of hydrogen-bond donors (Lipinski definition) is 2. The number of fused-ring (bicyclic) bond motifs is 1. The first kappa shape index (κ1) is 9.19. The monoisotopic (exact) mass is 193 g/mol. The second-order valence-corrected chi connectivity index (χ2v) is 4.34. The van der Waals surface area contributed by atoms with Gasteiger partial charge in [0.25, 0.3) is 0 Å². The van der Waals surface area contributed by atoms with Crippen LogP contribution in [0.4, 0.5) is 5.69 Å². The Labute approximate surface area is 83.5 Å². The first-order valence-electron chi connectivity index (χ1n) is 4.79. The van der Waals surface area contributed by atoms with E-state index in [-0.39, 0.29) is 11.4 Å². The van der Waals surface area contributed by atoms with E-state index in [9.17, 15) is 5.11 Å². The molecular formula is C11H15NO2. The molecule has 0 aromatic heterocycles. The van der Waals surface area contributed by atoms with Crippen LogP contribution in [0.25, 0.3) is 0 Å². The lowest BCUT2D eigenvalue weighted by Crippen LogP contribution is -2.32. The van der Waals surface area contributed by atoms with Crippen molar-refractivity contribution in [3.05, 3.63) is 17.7 Å². The predicted octanol–water partition coefficient (Wildman–Crippen LogP) is 2.08. The molecule has 1 aliphatic heterocycles. The lowest BCUT2D eigenvalue weighted by molar-refractivity contribution is 0.0848. The van der Waals surface area contributed by atoms with Crippen LogP contribution in [0.15, 0.2) is 12.1 Å². The maximum absolute atomic E-state index is 9.42. The lowest BCUT2D eigenvalue weighted by atomic mass is 9.93. The van der Waals surface area contributed by atoms with E-state index in [1.807, 2.05) is 0 Å². The average molecular weight is 193 g/mol. The molecule has 0 radical (unpaired) electrons. The molecule has 3 N–H and O–H groups in total. The van der Waals surface area contributed by atoms with Gasteiger partial charge < -0.3 is 15.6 Å². The summed E-state index contributed by atoms with van der Waals surface area (Å²) in [7, 11) is 0. The highest BCUT2D eigenvalue weighted by molar-refractivity contribution is 5.63. The molecule has 3 nitrogen and oxygen atoms in total. The number of aromatic hydroxyl groups is 1. The number of nitrogens with two attached hydrogens (primary N) is 1. The van der Waals surface area contributed by atoms with Crippen LogP contribution in [-0.4, -0.2) is 10.7 Å². The Morgan fingerprint density at radius 1 is 1.43 bits per heavy atom. The van der Waals surface area contributed by atoms with E-state index in [0.29, 0.717) is 5.69 Å². The third-order valence-corrected chi connectivity index (χ3v) is 2.65. The fourth-order valence-electron chi connectivity index (χ4n) is 1.76. The summed E-state index contributed by atoms with van der Waals surface area (Å²) in [6, 6.07) is 3.36. The van der Waals surface area contributed by atoms with Crippen LogP contribution in [0, 0.1) is 0 Å². The maximum atomic E-state index is 9.42.